The zero-order valence-electron chi connectivity index (χ0n) is 11.5. The highest BCUT2D eigenvalue weighted by Crippen LogP contribution is 2.23. The van der Waals surface area contributed by atoms with Crippen LogP contribution in [0.3, 0.4) is 0 Å². The zero-order valence-corrected chi connectivity index (χ0v) is 13.7. The average molecular weight is 376 g/mol. The van der Waals surface area contributed by atoms with Gasteiger partial charge in [-0.3, -0.25) is 0 Å². The third-order valence-corrected chi connectivity index (χ3v) is 4.49. The number of fused-ring (bicyclic) bond motifs is 1. The number of unbranched alkanes of at least 4 members (excludes halogenated alkanes) is 1. The summed E-state index contributed by atoms with van der Waals surface area (Å²) in [5, 5.41) is 4.81. The molecule has 20 heavy (non-hydrogen) atoms. The maximum Gasteiger partial charge on any atom is 0.0933 e. The second-order valence-electron chi connectivity index (χ2n) is 4.96. The monoisotopic (exact) mass is 376 g/mol. The third-order valence-electron chi connectivity index (χ3n) is 3.51. The molecular formula is C17H17IN2. The Morgan fingerprint density at radius 3 is 2.65 bits per heavy atom. The first-order valence-electron chi connectivity index (χ1n) is 7.02. The quantitative estimate of drug-likeness (QED) is 0.589. The topological polar surface area (TPSA) is 17.3 Å². The molecule has 2 aromatic heterocycles. The highest BCUT2D eigenvalue weighted by Gasteiger charge is 2.09. The van der Waals surface area contributed by atoms with E-state index in [1.165, 1.54) is 33.2 Å². The van der Waals surface area contributed by atoms with Crippen molar-refractivity contribution in [3.05, 3.63) is 57.8 Å². The van der Waals surface area contributed by atoms with E-state index in [2.05, 4.69) is 76.5 Å². The molecule has 0 atom stereocenters. The lowest BCUT2D eigenvalue weighted by Gasteiger charge is -2.06. The standard InChI is InChI=1S/C17H17IN2/c1-2-3-9-17-15(18)11-10-14-12-16(19-20(14)17)13-7-5-4-6-8-13/h4-8,10-12H,2-3,9H2,1H3. The zero-order chi connectivity index (χ0) is 13.9. The SMILES string of the molecule is CCCCc1c(I)ccc2cc(-c3ccccc3)nn12. The molecule has 3 heteroatoms. The molecule has 0 unspecified atom stereocenters. The van der Waals surface area contributed by atoms with Gasteiger partial charge in [-0.15, -0.1) is 0 Å². The van der Waals surface area contributed by atoms with Gasteiger partial charge in [-0.1, -0.05) is 43.7 Å². The summed E-state index contributed by atoms with van der Waals surface area (Å²) < 4.78 is 3.41. The molecule has 3 aromatic rings. The van der Waals surface area contributed by atoms with E-state index in [-0.39, 0.29) is 0 Å². The number of aryl methyl sites for hydroxylation is 1. The van der Waals surface area contributed by atoms with Crippen LogP contribution in [0.5, 0.6) is 0 Å². The fourth-order valence-electron chi connectivity index (χ4n) is 2.41. The van der Waals surface area contributed by atoms with Crippen molar-refractivity contribution >= 4 is 28.1 Å². The molecule has 0 saturated carbocycles. The van der Waals surface area contributed by atoms with Gasteiger partial charge in [0.1, 0.15) is 0 Å². The minimum atomic E-state index is 1.05. The molecule has 102 valence electrons. The van der Waals surface area contributed by atoms with Gasteiger partial charge in [0.25, 0.3) is 0 Å². The van der Waals surface area contributed by atoms with Crippen LogP contribution in [-0.4, -0.2) is 9.61 Å². The fraction of sp³-hybridized carbons (Fsp3) is 0.235. The Hall–Kier alpha value is -1.36. The van der Waals surface area contributed by atoms with Crippen LogP contribution in [-0.2, 0) is 6.42 Å². The molecule has 0 aliphatic rings. The number of hydrogen-bond acceptors (Lipinski definition) is 1. The summed E-state index contributed by atoms with van der Waals surface area (Å²) in [4.78, 5) is 0. The van der Waals surface area contributed by atoms with E-state index in [9.17, 15) is 0 Å². The van der Waals surface area contributed by atoms with Crippen LogP contribution < -0.4 is 0 Å². The Bertz CT molecular complexity index is 716. The van der Waals surface area contributed by atoms with Gasteiger partial charge in [-0.25, -0.2) is 4.52 Å². The molecule has 2 heterocycles. The van der Waals surface area contributed by atoms with Gasteiger partial charge in [0.05, 0.1) is 16.9 Å². The van der Waals surface area contributed by atoms with Crippen LogP contribution in [0.4, 0.5) is 0 Å². The maximum absolute atomic E-state index is 4.81. The molecule has 0 saturated heterocycles. The first-order chi connectivity index (χ1) is 9.79. The summed E-state index contributed by atoms with van der Waals surface area (Å²) in [5.74, 6) is 0. The van der Waals surface area contributed by atoms with Crippen molar-refractivity contribution < 1.29 is 0 Å². The lowest BCUT2D eigenvalue weighted by molar-refractivity contribution is 0.740. The lowest BCUT2D eigenvalue weighted by Crippen LogP contribution is -2.01. The predicted octanol–water partition coefficient (Wildman–Crippen LogP) is 4.95. The van der Waals surface area contributed by atoms with Crippen LogP contribution in [0.2, 0.25) is 0 Å². The van der Waals surface area contributed by atoms with Gasteiger partial charge >= 0.3 is 0 Å². The maximum atomic E-state index is 4.81. The smallest absolute Gasteiger partial charge is 0.0933 e. The second kappa shape index (κ2) is 5.95. The van der Waals surface area contributed by atoms with Gasteiger partial charge in [-0.05, 0) is 53.6 Å². The first-order valence-corrected chi connectivity index (χ1v) is 8.10. The molecule has 0 aliphatic heterocycles. The van der Waals surface area contributed by atoms with E-state index in [0.29, 0.717) is 0 Å². The first kappa shape index (κ1) is 13.6. The molecule has 0 bridgehead atoms. The van der Waals surface area contributed by atoms with Crippen LogP contribution in [0.25, 0.3) is 16.8 Å². The minimum Gasteiger partial charge on any atom is -0.236 e. The molecule has 0 radical (unpaired) electrons. The number of rotatable bonds is 4. The minimum absolute atomic E-state index is 1.05. The predicted molar refractivity (Wildman–Crippen MR) is 92.0 cm³/mol. The number of nitrogens with zero attached hydrogens (tertiary/aromatic N) is 2. The van der Waals surface area contributed by atoms with Gasteiger partial charge < -0.3 is 0 Å². The Kier molecular flexibility index (Phi) is 4.05. The van der Waals surface area contributed by atoms with Crippen molar-refractivity contribution in [3.8, 4) is 11.3 Å². The third kappa shape index (κ3) is 2.59. The number of benzene rings is 1. The largest absolute Gasteiger partial charge is 0.236 e. The molecule has 0 fully saturated rings. The molecule has 0 spiro atoms. The molecule has 2 nitrogen and oxygen atoms in total. The summed E-state index contributed by atoms with van der Waals surface area (Å²) in [6, 6.07) is 16.9. The van der Waals surface area contributed by atoms with Gasteiger partial charge in [-0.2, -0.15) is 5.10 Å². The Balaban J connectivity index is 2.11. The molecule has 0 N–H and O–H groups in total. The number of halogens is 1. The normalized spacial score (nSPS) is 11.1. The molecule has 3 rings (SSSR count). The van der Waals surface area contributed by atoms with Crippen LogP contribution >= 0.6 is 22.6 Å². The summed E-state index contributed by atoms with van der Waals surface area (Å²) in [5.41, 5.74) is 4.72. The van der Waals surface area contributed by atoms with Crippen molar-refractivity contribution in [3.63, 3.8) is 0 Å². The van der Waals surface area contributed by atoms with E-state index in [1.807, 2.05) is 6.07 Å². The van der Waals surface area contributed by atoms with E-state index < -0.39 is 0 Å². The number of hydrogen-bond donors (Lipinski definition) is 0. The van der Waals surface area contributed by atoms with Gasteiger partial charge in [0, 0.05) is 9.13 Å². The average Bonchev–Trinajstić information content (AvgIpc) is 2.91. The molecule has 1 aromatic carbocycles. The molecule has 0 aliphatic carbocycles. The van der Waals surface area contributed by atoms with Crippen LogP contribution in [0.1, 0.15) is 25.5 Å². The summed E-state index contributed by atoms with van der Waals surface area (Å²) in [6.45, 7) is 2.23. The van der Waals surface area contributed by atoms with Crippen LogP contribution in [0.15, 0.2) is 48.5 Å². The highest BCUT2D eigenvalue weighted by molar-refractivity contribution is 14.1. The van der Waals surface area contributed by atoms with Crippen molar-refractivity contribution in [2.24, 2.45) is 0 Å². The fourth-order valence-corrected chi connectivity index (χ4v) is 3.08. The molecule has 0 amide bonds. The Morgan fingerprint density at radius 1 is 1.10 bits per heavy atom. The van der Waals surface area contributed by atoms with E-state index in [0.717, 1.165) is 12.1 Å². The van der Waals surface area contributed by atoms with Crippen molar-refractivity contribution in [1.29, 1.82) is 0 Å². The summed E-state index contributed by atoms with van der Waals surface area (Å²) in [7, 11) is 0. The molecular weight excluding hydrogens is 359 g/mol. The van der Waals surface area contributed by atoms with E-state index in [1.54, 1.807) is 0 Å². The van der Waals surface area contributed by atoms with Crippen molar-refractivity contribution in [2.75, 3.05) is 0 Å². The Labute approximate surface area is 133 Å². The van der Waals surface area contributed by atoms with Gasteiger partial charge in [0.15, 0.2) is 0 Å². The second-order valence-corrected chi connectivity index (χ2v) is 6.13. The van der Waals surface area contributed by atoms with Gasteiger partial charge in [0.2, 0.25) is 0 Å². The summed E-state index contributed by atoms with van der Waals surface area (Å²) in [6.07, 6.45) is 3.50. The van der Waals surface area contributed by atoms with Crippen LogP contribution in [0, 0.1) is 3.57 Å². The highest BCUT2D eigenvalue weighted by atomic mass is 127. The summed E-state index contributed by atoms with van der Waals surface area (Å²) >= 11 is 2.41. The number of aromatic nitrogens is 2. The van der Waals surface area contributed by atoms with Crippen molar-refractivity contribution in [1.82, 2.24) is 9.61 Å². The van der Waals surface area contributed by atoms with Crippen molar-refractivity contribution in [2.45, 2.75) is 26.2 Å². The van der Waals surface area contributed by atoms with E-state index >= 15 is 0 Å². The lowest BCUT2D eigenvalue weighted by atomic mass is 10.1. The van der Waals surface area contributed by atoms with E-state index in [4.69, 9.17) is 5.10 Å². The Morgan fingerprint density at radius 2 is 1.90 bits per heavy atom. The number of pyridine rings is 1.